The second-order valence-corrected chi connectivity index (χ2v) is 5.22. The number of carbonyl (C=O) groups excluding carboxylic acids is 1. The molecule has 0 aliphatic rings. The molecule has 0 heterocycles. The topological polar surface area (TPSA) is 26.3 Å². The van der Waals surface area contributed by atoms with Crippen LogP contribution < -0.4 is 4.74 Å². The van der Waals surface area contributed by atoms with E-state index in [4.69, 9.17) is 4.74 Å². The van der Waals surface area contributed by atoms with Crippen molar-refractivity contribution in [3.8, 4) is 5.75 Å². The Balaban J connectivity index is 2.18. The average Bonchev–Trinajstić information content (AvgIpc) is 2.52. The highest BCUT2D eigenvalue weighted by atomic mass is 19.4. The van der Waals surface area contributed by atoms with Crippen molar-refractivity contribution in [3.63, 3.8) is 0 Å². The highest BCUT2D eigenvalue weighted by Gasteiger charge is 2.34. The Labute approximate surface area is 132 Å². The summed E-state index contributed by atoms with van der Waals surface area (Å²) in [4.78, 5) is 11.3. The zero-order valence-electron chi connectivity index (χ0n) is 12.9. The molecule has 0 aliphatic carbocycles. The Hall–Kier alpha value is -2.30. The van der Waals surface area contributed by atoms with Crippen LogP contribution in [0.2, 0.25) is 0 Å². The third kappa shape index (κ3) is 4.34. The van der Waals surface area contributed by atoms with Gasteiger partial charge in [0, 0.05) is 5.56 Å². The molecule has 0 aromatic heterocycles. The van der Waals surface area contributed by atoms with Crippen LogP contribution in [0.15, 0.2) is 42.5 Å². The number of aryl methyl sites for hydroxylation is 1. The summed E-state index contributed by atoms with van der Waals surface area (Å²) in [6, 6.07) is 11.1. The monoisotopic (exact) mass is 322 g/mol. The van der Waals surface area contributed by atoms with Crippen LogP contribution in [-0.2, 0) is 19.2 Å². The summed E-state index contributed by atoms with van der Waals surface area (Å²) in [6.45, 7) is 3.32. The summed E-state index contributed by atoms with van der Waals surface area (Å²) in [5.74, 6) is -0.541. The first-order valence-corrected chi connectivity index (χ1v) is 7.24. The van der Waals surface area contributed by atoms with Gasteiger partial charge in [0.25, 0.3) is 0 Å². The standard InChI is InChI=1S/C18H17F3O2/c1-3-13-4-6-14(7-5-13)11-23-15-8-9-16(12(2)22)17(10-15)18(19,20)21/h4-10H,3,11H2,1-2H3. The van der Waals surface area contributed by atoms with Gasteiger partial charge in [0.15, 0.2) is 5.78 Å². The van der Waals surface area contributed by atoms with Crippen LogP contribution in [0.3, 0.4) is 0 Å². The molecule has 0 saturated carbocycles. The molecule has 122 valence electrons. The molecule has 0 atom stereocenters. The smallest absolute Gasteiger partial charge is 0.417 e. The Bertz CT molecular complexity index is 688. The first-order valence-electron chi connectivity index (χ1n) is 7.24. The average molecular weight is 322 g/mol. The van der Waals surface area contributed by atoms with Gasteiger partial charge in [-0.15, -0.1) is 0 Å². The molecule has 23 heavy (non-hydrogen) atoms. The molecule has 0 bridgehead atoms. The van der Waals surface area contributed by atoms with Crippen LogP contribution in [0.4, 0.5) is 13.2 Å². The normalized spacial score (nSPS) is 11.3. The van der Waals surface area contributed by atoms with Crippen LogP contribution >= 0.6 is 0 Å². The van der Waals surface area contributed by atoms with E-state index in [1.165, 1.54) is 11.6 Å². The molecule has 0 radical (unpaired) electrons. The Morgan fingerprint density at radius 1 is 1.04 bits per heavy atom. The fraction of sp³-hybridized carbons (Fsp3) is 0.278. The number of hydrogen-bond acceptors (Lipinski definition) is 2. The molecular formula is C18H17F3O2. The highest BCUT2D eigenvalue weighted by Crippen LogP contribution is 2.34. The number of hydrogen-bond donors (Lipinski definition) is 0. The highest BCUT2D eigenvalue weighted by molar-refractivity contribution is 5.95. The lowest BCUT2D eigenvalue weighted by Crippen LogP contribution is -2.12. The summed E-state index contributed by atoms with van der Waals surface area (Å²) in [7, 11) is 0. The predicted molar refractivity (Wildman–Crippen MR) is 81.6 cm³/mol. The second-order valence-electron chi connectivity index (χ2n) is 5.22. The van der Waals surface area contributed by atoms with Gasteiger partial charge >= 0.3 is 6.18 Å². The molecule has 2 aromatic rings. The number of rotatable bonds is 5. The maximum absolute atomic E-state index is 13.0. The quantitative estimate of drug-likeness (QED) is 0.720. The van der Waals surface area contributed by atoms with Crippen LogP contribution in [0.1, 0.15) is 40.9 Å². The van der Waals surface area contributed by atoms with Gasteiger partial charge in [0.05, 0.1) is 5.56 Å². The number of carbonyl (C=O) groups is 1. The minimum Gasteiger partial charge on any atom is -0.489 e. The summed E-state index contributed by atoms with van der Waals surface area (Å²) in [5.41, 5.74) is 0.728. The lowest BCUT2D eigenvalue weighted by Gasteiger charge is -2.13. The molecular weight excluding hydrogens is 305 g/mol. The van der Waals surface area contributed by atoms with Crippen molar-refractivity contribution < 1.29 is 22.7 Å². The molecule has 2 nitrogen and oxygen atoms in total. The van der Waals surface area contributed by atoms with Gasteiger partial charge in [0.2, 0.25) is 0 Å². The minimum atomic E-state index is -4.59. The summed E-state index contributed by atoms with van der Waals surface area (Å²) in [5, 5.41) is 0. The third-order valence-corrected chi connectivity index (χ3v) is 3.51. The Kier molecular flexibility index (Phi) is 5.08. The number of ether oxygens (including phenoxy) is 1. The van der Waals surface area contributed by atoms with E-state index in [9.17, 15) is 18.0 Å². The van der Waals surface area contributed by atoms with Gasteiger partial charge in [-0.25, -0.2) is 0 Å². The van der Waals surface area contributed by atoms with Gasteiger partial charge in [-0.3, -0.25) is 4.79 Å². The molecule has 5 heteroatoms. The van der Waals surface area contributed by atoms with Crippen molar-refractivity contribution in [1.82, 2.24) is 0 Å². The van der Waals surface area contributed by atoms with Crippen molar-refractivity contribution in [1.29, 1.82) is 0 Å². The first kappa shape index (κ1) is 17.1. The lowest BCUT2D eigenvalue weighted by atomic mass is 10.0. The van der Waals surface area contributed by atoms with E-state index in [0.29, 0.717) is 0 Å². The molecule has 2 aromatic carbocycles. The van der Waals surface area contributed by atoms with Crippen LogP contribution in [0, 0.1) is 0 Å². The summed E-state index contributed by atoms with van der Waals surface area (Å²) in [6.07, 6.45) is -3.67. The number of alkyl halides is 3. The third-order valence-electron chi connectivity index (χ3n) is 3.51. The maximum atomic E-state index is 13.0. The van der Waals surface area contributed by atoms with Crippen molar-refractivity contribution in [3.05, 3.63) is 64.7 Å². The van der Waals surface area contributed by atoms with Gasteiger partial charge in [0.1, 0.15) is 12.4 Å². The van der Waals surface area contributed by atoms with Crippen molar-refractivity contribution in [2.75, 3.05) is 0 Å². The van der Waals surface area contributed by atoms with Crippen molar-refractivity contribution in [2.45, 2.75) is 33.1 Å². The van der Waals surface area contributed by atoms with Crippen LogP contribution in [-0.4, -0.2) is 5.78 Å². The number of Topliss-reactive ketones (excluding diaryl/α,β-unsaturated/α-hetero) is 1. The number of benzene rings is 2. The molecule has 0 aliphatic heterocycles. The van der Waals surface area contributed by atoms with Gasteiger partial charge in [-0.2, -0.15) is 13.2 Å². The second kappa shape index (κ2) is 6.86. The van der Waals surface area contributed by atoms with Crippen LogP contribution in [0.25, 0.3) is 0 Å². The predicted octanol–water partition coefficient (Wildman–Crippen LogP) is 5.05. The van der Waals surface area contributed by atoms with E-state index in [1.54, 1.807) is 0 Å². The van der Waals surface area contributed by atoms with Crippen molar-refractivity contribution in [2.24, 2.45) is 0 Å². The van der Waals surface area contributed by atoms with Gasteiger partial charge in [-0.05, 0) is 42.7 Å². The number of halogens is 3. The molecule has 2 rings (SSSR count). The molecule has 0 amide bonds. The van der Waals surface area contributed by atoms with E-state index >= 15 is 0 Å². The maximum Gasteiger partial charge on any atom is 0.417 e. The van der Waals surface area contributed by atoms with E-state index < -0.39 is 17.5 Å². The number of ketones is 1. The van der Waals surface area contributed by atoms with E-state index in [2.05, 4.69) is 0 Å². The fourth-order valence-electron chi connectivity index (χ4n) is 2.19. The van der Waals surface area contributed by atoms with E-state index in [1.807, 2.05) is 31.2 Å². The summed E-state index contributed by atoms with van der Waals surface area (Å²) >= 11 is 0. The minimum absolute atomic E-state index is 0.0851. The molecule has 0 N–H and O–H groups in total. The van der Waals surface area contributed by atoms with E-state index in [-0.39, 0.29) is 17.9 Å². The Morgan fingerprint density at radius 2 is 1.65 bits per heavy atom. The zero-order valence-corrected chi connectivity index (χ0v) is 12.9. The largest absolute Gasteiger partial charge is 0.489 e. The lowest BCUT2D eigenvalue weighted by molar-refractivity contribution is -0.138. The Morgan fingerprint density at radius 3 is 2.17 bits per heavy atom. The van der Waals surface area contributed by atoms with Crippen molar-refractivity contribution >= 4 is 5.78 Å². The first-order chi connectivity index (χ1) is 10.8. The zero-order chi connectivity index (χ0) is 17.0. The summed E-state index contributed by atoms with van der Waals surface area (Å²) < 4.78 is 44.5. The van der Waals surface area contributed by atoms with E-state index in [0.717, 1.165) is 31.0 Å². The van der Waals surface area contributed by atoms with Gasteiger partial charge in [-0.1, -0.05) is 31.2 Å². The molecule has 0 saturated heterocycles. The SMILES string of the molecule is CCc1ccc(COc2ccc(C(C)=O)c(C(F)(F)F)c2)cc1. The van der Waals surface area contributed by atoms with Gasteiger partial charge < -0.3 is 4.74 Å². The molecule has 0 unspecified atom stereocenters. The molecule has 0 spiro atoms. The van der Waals surface area contributed by atoms with Crippen LogP contribution in [0.5, 0.6) is 5.75 Å². The molecule has 0 fully saturated rings. The fourth-order valence-corrected chi connectivity index (χ4v) is 2.19.